The highest BCUT2D eigenvalue weighted by atomic mass is 32.2. The fraction of sp³-hybridized carbons (Fsp3) is 0.308. The second-order valence-corrected chi connectivity index (χ2v) is 7.39. The first-order chi connectivity index (χ1) is 10.4. The Balaban J connectivity index is 2.12. The summed E-state index contributed by atoms with van der Waals surface area (Å²) >= 11 is 0.816. The van der Waals surface area contributed by atoms with Crippen molar-refractivity contribution in [1.82, 2.24) is 14.9 Å². The van der Waals surface area contributed by atoms with Crippen LogP contribution in [-0.2, 0) is 14.8 Å². The van der Waals surface area contributed by atoms with E-state index in [1.54, 1.807) is 13.8 Å². The first-order valence-electron chi connectivity index (χ1n) is 6.63. The molecule has 118 valence electrons. The SMILES string of the molecule is CCC(=O)Nc1nnc(S(=O)(=O)N[C@H](C)c2ccccc2)s1. The Morgan fingerprint density at radius 1 is 1.27 bits per heavy atom. The van der Waals surface area contributed by atoms with Gasteiger partial charge in [0.1, 0.15) is 0 Å². The molecule has 0 saturated heterocycles. The van der Waals surface area contributed by atoms with E-state index >= 15 is 0 Å². The lowest BCUT2D eigenvalue weighted by atomic mass is 10.1. The molecule has 0 unspecified atom stereocenters. The maximum Gasteiger partial charge on any atom is 0.270 e. The number of amides is 1. The largest absolute Gasteiger partial charge is 0.301 e. The summed E-state index contributed by atoms with van der Waals surface area (Å²) in [5, 5.41) is 9.94. The standard InChI is InChI=1S/C13H16N4O3S2/c1-3-11(18)14-12-15-16-13(21-12)22(19,20)17-9(2)10-7-5-4-6-8-10/h4-9,17H,3H2,1-2H3,(H,14,15,18)/t9-/m1/s1. The van der Waals surface area contributed by atoms with Gasteiger partial charge in [-0.1, -0.05) is 48.6 Å². The number of aromatic nitrogens is 2. The molecule has 0 bridgehead atoms. The second-order valence-electron chi connectivity index (χ2n) is 4.53. The van der Waals surface area contributed by atoms with Crippen molar-refractivity contribution in [2.75, 3.05) is 5.32 Å². The lowest BCUT2D eigenvalue weighted by Gasteiger charge is -2.12. The normalized spacial score (nSPS) is 12.8. The number of anilines is 1. The van der Waals surface area contributed by atoms with E-state index in [1.807, 2.05) is 30.3 Å². The first kappa shape index (κ1) is 16.5. The molecular weight excluding hydrogens is 324 g/mol. The van der Waals surface area contributed by atoms with Crippen LogP contribution >= 0.6 is 11.3 Å². The van der Waals surface area contributed by atoms with Crippen molar-refractivity contribution in [1.29, 1.82) is 0 Å². The van der Waals surface area contributed by atoms with Gasteiger partial charge in [-0.2, -0.15) is 0 Å². The third-order valence-corrected chi connectivity index (χ3v) is 5.58. The topological polar surface area (TPSA) is 101 Å². The molecule has 9 heteroatoms. The zero-order valence-corrected chi connectivity index (χ0v) is 13.7. The van der Waals surface area contributed by atoms with Crippen LogP contribution in [0.1, 0.15) is 31.9 Å². The van der Waals surface area contributed by atoms with Gasteiger partial charge in [-0.3, -0.25) is 4.79 Å². The van der Waals surface area contributed by atoms with Gasteiger partial charge in [0.2, 0.25) is 15.4 Å². The summed E-state index contributed by atoms with van der Waals surface area (Å²) in [5.41, 5.74) is 0.843. The summed E-state index contributed by atoms with van der Waals surface area (Å²) in [6.07, 6.45) is 0.283. The molecule has 0 aliphatic heterocycles. The molecule has 0 saturated carbocycles. The predicted molar refractivity (Wildman–Crippen MR) is 84.0 cm³/mol. The van der Waals surface area contributed by atoms with Gasteiger partial charge in [-0.15, -0.1) is 10.2 Å². The summed E-state index contributed by atoms with van der Waals surface area (Å²) in [6.45, 7) is 3.44. The summed E-state index contributed by atoms with van der Waals surface area (Å²) in [7, 11) is -3.79. The average molecular weight is 340 g/mol. The summed E-state index contributed by atoms with van der Waals surface area (Å²) in [5.74, 6) is -0.245. The number of nitrogens with one attached hydrogen (secondary N) is 2. The Labute approximate surface area is 132 Å². The van der Waals surface area contributed by atoms with Gasteiger partial charge in [-0.05, 0) is 12.5 Å². The quantitative estimate of drug-likeness (QED) is 0.783. The number of carbonyl (C=O) groups excluding carboxylic acids is 1. The number of sulfonamides is 1. The van der Waals surface area contributed by atoms with Crippen LogP contribution in [0, 0.1) is 0 Å². The number of hydrogen-bond acceptors (Lipinski definition) is 6. The molecule has 22 heavy (non-hydrogen) atoms. The highest BCUT2D eigenvalue weighted by Gasteiger charge is 2.23. The molecule has 7 nitrogen and oxygen atoms in total. The number of benzene rings is 1. The van der Waals surface area contributed by atoms with Crippen molar-refractivity contribution in [3.8, 4) is 0 Å². The van der Waals surface area contributed by atoms with E-state index in [4.69, 9.17) is 0 Å². The van der Waals surface area contributed by atoms with Gasteiger partial charge in [0.15, 0.2) is 0 Å². The molecular formula is C13H16N4O3S2. The molecule has 0 fully saturated rings. The monoisotopic (exact) mass is 340 g/mol. The maximum absolute atomic E-state index is 12.3. The molecule has 1 heterocycles. The minimum Gasteiger partial charge on any atom is -0.301 e. The van der Waals surface area contributed by atoms with Crippen LogP contribution in [0.15, 0.2) is 34.7 Å². The molecule has 2 N–H and O–H groups in total. The highest BCUT2D eigenvalue weighted by molar-refractivity contribution is 7.91. The van der Waals surface area contributed by atoms with Crippen molar-refractivity contribution in [3.05, 3.63) is 35.9 Å². The molecule has 2 aromatic rings. The molecule has 0 radical (unpaired) electrons. The molecule has 1 atom stereocenters. The van der Waals surface area contributed by atoms with E-state index in [0.29, 0.717) is 0 Å². The maximum atomic E-state index is 12.3. The van der Waals surface area contributed by atoms with E-state index in [1.165, 1.54) is 0 Å². The minimum atomic E-state index is -3.79. The van der Waals surface area contributed by atoms with E-state index in [2.05, 4.69) is 20.2 Å². The lowest BCUT2D eigenvalue weighted by Crippen LogP contribution is -2.26. The zero-order valence-electron chi connectivity index (χ0n) is 12.1. The molecule has 0 spiro atoms. The van der Waals surface area contributed by atoms with E-state index in [9.17, 15) is 13.2 Å². The van der Waals surface area contributed by atoms with Crippen LogP contribution in [-0.4, -0.2) is 24.5 Å². The van der Waals surface area contributed by atoms with Crippen molar-refractivity contribution in [2.24, 2.45) is 0 Å². The summed E-state index contributed by atoms with van der Waals surface area (Å²) in [6, 6.07) is 8.80. The fourth-order valence-electron chi connectivity index (χ4n) is 1.67. The zero-order chi connectivity index (χ0) is 16.2. The van der Waals surface area contributed by atoms with Crippen molar-refractivity contribution in [2.45, 2.75) is 30.6 Å². The Kier molecular flexibility index (Phi) is 5.22. The number of carbonyl (C=O) groups is 1. The number of hydrogen-bond donors (Lipinski definition) is 2. The van der Waals surface area contributed by atoms with Crippen LogP contribution in [0.3, 0.4) is 0 Å². The molecule has 0 aliphatic rings. The molecule has 1 aromatic heterocycles. The van der Waals surface area contributed by atoms with Crippen molar-refractivity contribution < 1.29 is 13.2 Å². The van der Waals surface area contributed by atoms with Gasteiger partial charge in [0.05, 0.1) is 0 Å². The van der Waals surface area contributed by atoms with E-state index in [0.717, 1.165) is 16.9 Å². The predicted octanol–water partition coefficient (Wildman–Crippen LogP) is 1.93. The van der Waals surface area contributed by atoms with Crippen molar-refractivity contribution >= 4 is 32.4 Å². The molecule has 1 aromatic carbocycles. The smallest absolute Gasteiger partial charge is 0.270 e. The number of nitrogens with zero attached hydrogens (tertiary/aromatic N) is 2. The second kappa shape index (κ2) is 6.95. The lowest BCUT2D eigenvalue weighted by molar-refractivity contribution is -0.115. The Hall–Kier alpha value is -1.84. The Morgan fingerprint density at radius 3 is 2.59 bits per heavy atom. The van der Waals surface area contributed by atoms with Crippen LogP contribution in [0.2, 0.25) is 0 Å². The van der Waals surface area contributed by atoms with E-state index < -0.39 is 16.1 Å². The Bertz CT molecular complexity index is 744. The molecule has 0 aliphatic carbocycles. The summed E-state index contributed by atoms with van der Waals surface area (Å²) < 4.78 is 26.9. The van der Waals surface area contributed by atoms with Crippen LogP contribution < -0.4 is 10.0 Å². The van der Waals surface area contributed by atoms with Crippen LogP contribution in [0.25, 0.3) is 0 Å². The third-order valence-electron chi connectivity index (χ3n) is 2.84. The average Bonchev–Trinajstić information content (AvgIpc) is 2.97. The van der Waals surface area contributed by atoms with Gasteiger partial charge < -0.3 is 5.32 Å². The summed E-state index contributed by atoms with van der Waals surface area (Å²) in [4.78, 5) is 11.3. The van der Waals surface area contributed by atoms with E-state index in [-0.39, 0.29) is 21.8 Å². The first-order valence-corrected chi connectivity index (χ1v) is 8.93. The third kappa shape index (κ3) is 4.09. The molecule has 2 rings (SSSR count). The highest BCUT2D eigenvalue weighted by Crippen LogP contribution is 2.22. The van der Waals surface area contributed by atoms with Gasteiger partial charge in [0.25, 0.3) is 10.0 Å². The van der Waals surface area contributed by atoms with Gasteiger partial charge >= 0.3 is 0 Å². The van der Waals surface area contributed by atoms with Crippen LogP contribution in [0.5, 0.6) is 0 Å². The van der Waals surface area contributed by atoms with Gasteiger partial charge in [0, 0.05) is 12.5 Å². The Morgan fingerprint density at radius 2 is 1.95 bits per heavy atom. The minimum absolute atomic E-state index is 0.166. The molecule has 1 amide bonds. The van der Waals surface area contributed by atoms with Gasteiger partial charge in [-0.25, -0.2) is 13.1 Å². The van der Waals surface area contributed by atoms with Crippen molar-refractivity contribution in [3.63, 3.8) is 0 Å². The fourth-order valence-corrected chi connectivity index (χ4v) is 3.83. The number of rotatable bonds is 6. The van der Waals surface area contributed by atoms with Crippen LogP contribution in [0.4, 0.5) is 5.13 Å².